The highest BCUT2D eigenvalue weighted by molar-refractivity contribution is 5.81. The molecule has 0 saturated heterocycles. The molecule has 0 saturated carbocycles. The Hall–Kier alpha value is -1.81. The van der Waals surface area contributed by atoms with E-state index in [4.69, 9.17) is 0 Å². The molecule has 0 spiro atoms. The lowest BCUT2D eigenvalue weighted by Crippen LogP contribution is -2.30. The van der Waals surface area contributed by atoms with E-state index in [9.17, 15) is 4.79 Å². The van der Waals surface area contributed by atoms with Gasteiger partial charge in [0.15, 0.2) is 0 Å². The lowest BCUT2D eigenvalue weighted by Gasteiger charge is -2.10. The van der Waals surface area contributed by atoms with Gasteiger partial charge in [0.25, 0.3) is 0 Å². The molecule has 0 atom stereocenters. The summed E-state index contributed by atoms with van der Waals surface area (Å²) in [5.41, 5.74) is 2.47. The molecular formula is C17H25N3O. The van der Waals surface area contributed by atoms with Crippen LogP contribution in [0.15, 0.2) is 30.5 Å². The molecule has 1 aromatic heterocycles. The molecule has 0 bridgehead atoms. The van der Waals surface area contributed by atoms with Crippen LogP contribution in [0.4, 0.5) is 0 Å². The Kier molecular flexibility index (Phi) is 5.39. The maximum absolute atomic E-state index is 11.8. The van der Waals surface area contributed by atoms with Gasteiger partial charge in [0.05, 0.1) is 0 Å². The summed E-state index contributed by atoms with van der Waals surface area (Å²) >= 11 is 0. The standard InChI is InChI=1S/C17H25N3O/c1-4-18-12-14-5-6-15-7-9-20(16(15)11-14)10-8-17(21)19-13(2)3/h5-7,9,11,13,18H,4,8,10,12H2,1-3H3,(H,19,21). The molecule has 0 radical (unpaired) electrons. The molecule has 0 aliphatic heterocycles. The summed E-state index contributed by atoms with van der Waals surface area (Å²) in [6.07, 6.45) is 2.57. The van der Waals surface area contributed by atoms with E-state index in [1.165, 1.54) is 16.5 Å². The number of nitrogens with zero attached hydrogens (tertiary/aromatic N) is 1. The average Bonchev–Trinajstić information content (AvgIpc) is 2.84. The Labute approximate surface area is 126 Å². The van der Waals surface area contributed by atoms with Crippen LogP contribution in [0.3, 0.4) is 0 Å². The summed E-state index contributed by atoms with van der Waals surface area (Å²) in [5.74, 6) is 0.107. The number of hydrogen-bond acceptors (Lipinski definition) is 2. The van der Waals surface area contributed by atoms with Gasteiger partial charge in [0, 0.05) is 37.3 Å². The summed E-state index contributed by atoms with van der Waals surface area (Å²) in [5, 5.41) is 7.49. The second-order valence-electron chi connectivity index (χ2n) is 5.65. The Bertz CT molecular complexity index is 601. The fourth-order valence-corrected chi connectivity index (χ4v) is 2.42. The molecule has 1 amide bonds. The largest absolute Gasteiger partial charge is 0.354 e. The number of aromatic nitrogens is 1. The molecule has 2 rings (SSSR count). The monoisotopic (exact) mass is 287 g/mol. The van der Waals surface area contributed by atoms with Crippen molar-refractivity contribution in [2.24, 2.45) is 0 Å². The Morgan fingerprint density at radius 1 is 1.29 bits per heavy atom. The lowest BCUT2D eigenvalue weighted by molar-refractivity contribution is -0.121. The van der Waals surface area contributed by atoms with Crippen molar-refractivity contribution >= 4 is 16.8 Å². The van der Waals surface area contributed by atoms with E-state index in [0.717, 1.165) is 13.1 Å². The Morgan fingerprint density at radius 3 is 2.81 bits per heavy atom. The van der Waals surface area contributed by atoms with Crippen molar-refractivity contribution < 1.29 is 4.79 Å². The molecule has 21 heavy (non-hydrogen) atoms. The van der Waals surface area contributed by atoms with Gasteiger partial charge in [0.1, 0.15) is 0 Å². The van der Waals surface area contributed by atoms with E-state index < -0.39 is 0 Å². The SMILES string of the molecule is CCNCc1ccc2ccn(CCC(=O)NC(C)C)c2c1. The average molecular weight is 287 g/mol. The van der Waals surface area contributed by atoms with Crippen molar-refractivity contribution in [2.75, 3.05) is 6.54 Å². The second-order valence-corrected chi connectivity index (χ2v) is 5.65. The number of carbonyl (C=O) groups is 1. The third-order valence-corrected chi connectivity index (χ3v) is 3.45. The Balaban J connectivity index is 2.07. The third-order valence-electron chi connectivity index (χ3n) is 3.45. The zero-order valence-electron chi connectivity index (χ0n) is 13.1. The first-order valence-corrected chi connectivity index (χ1v) is 7.68. The molecule has 0 fully saturated rings. The summed E-state index contributed by atoms with van der Waals surface area (Å²) < 4.78 is 2.16. The van der Waals surface area contributed by atoms with Gasteiger partial charge in [-0.2, -0.15) is 0 Å². The molecule has 1 heterocycles. The van der Waals surface area contributed by atoms with Gasteiger partial charge in [-0.1, -0.05) is 19.1 Å². The van der Waals surface area contributed by atoms with Crippen molar-refractivity contribution in [3.8, 4) is 0 Å². The minimum Gasteiger partial charge on any atom is -0.354 e. The number of rotatable bonds is 7. The minimum absolute atomic E-state index is 0.107. The maximum atomic E-state index is 11.8. The predicted octanol–water partition coefficient (Wildman–Crippen LogP) is 2.67. The van der Waals surface area contributed by atoms with Crippen molar-refractivity contribution in [1.82, 2.24) is 15.2 Å². The Morgan fingerprint density at radius 2 is 2.10 bits per heavy atom. The number of fused-ring (bicyclic) bond motifs is 1. The van der Waals surface area contributed by atoms with Crippen LogP contribution in [-0.4, -0.2) is 23.1 Å². The molecule has 1 aromatic carbocycles. The van der Waals surface area contributed by atoms with Crippen LogP contribution in [0.25, 0.3) is 10.9 Å². The first-order valence-electron chi connectivity index (χ1n) is 7.68. The van der Waals surface area contributed by atoms with Crippen molar-refractivity contribution in [1.29, 1.82) is 0 Å². The second kappa shape index (κ2) is 7.27. The molecule has 4 heteroatoms. The molecule has 114 valence electrons. The van der Waals surface area contributed by atoms with Crippen LogP contribution in [-0.2, 0) is 17.9 Å². The molecule has 0 aliphatic rings. The van der Waals surface area contributed by atoms with Gasteiger partial charge >= 0.3 is 0 Å². The number of hydrogen-bond donors (Lipinski definition) is 2. The first kappa shape index (κ1) is 15.6. The molecule has 2 N–H and O–H groups in total. The fourth-order valence-electron chi connectivity index (χ4n) is 2.42. The topological polar surface area (TPSA) is 46.1 Å². The minimum atomic E-state index is 0.107. The highest BCUT2D eigenvalue weighted by atomic mass is 16.1. The first-order chi connectivity index (χ1) is 10.1. The highest BCUT2D eigenvalue weighted by Crippen LogP contribution is 2.18. The van der Waals surface area contributed by atoms with E-state index >= 15 is 0 Å². The zero-order chi connectivity index (χ0) is 15.2. The quantitative estimate of drug-likeness (QED) is 0.822. The smallest absolute Gasteiger partial charge is 0.221 e. The molecule has 2 aromatic rings. The molecule has 0 unspecified atom stereocenters. The number of aryl methyl sites for hydroxylation is 1. The number of amides is 1. The third kappa shape index (κ3) is 4.33. The zero-order valence-corrected chi connectivity index (χ0v) is 13.1. The molecule has 0 aliphatic carbocycles. The number of nitrogens with one attached hydrogen (secondary N) is 2. The van der Waals surface area contributed by atoms with E-state index in [-0.39, 0.29) is 11.9 Å². The van der Waals surface area contributed by atoms with E-state index in [2.05, 4.69) is 52.6 Å². The maximum Gasteiger partial charge on any atom is 0.221 e. The van der Waals surface area contributed by atoms with Crippen LogP contribution in [0.2, 0.25) is 0 Å². The van der Waals surface area contributed by atoms with Gasteiger partial charge in [-0.05, 0) is 43.5 Å². The number of carbonyl (C=O) groups excluding carboxylic acids is 1. The van der Waals surface area contributed by atoms with Crippen molar-refractivity contribution in [3.63, 3.8) is 0 Å². The summed E-state index contributed by atoms with van der Waals surface area (Å²) in [6.45, 7) is 8.63. The van der Waals surface area contributed by atoms with E-state index in [1.807, 2.05) is 13.8 Å². The summed E-state index contributed by atoms with van der Waals surface area (Å²) in [7, 11) is 0. The van der Waals surface area contributed by atoms with Gasteiger partial charge < -0.3 is 15.2 Å². The predicted molar refractivity (Wildman–Crippen MR) is 87.2 cm³/mol. The van der Waals surface area contributed by atoms with E-state index in [1.54, 1.807) is 0 Å². The van der Waals surface area contributed by atoms with Crippen LogP contribution in [0.1, 0.15) is 32.8 Å². The van der Waals surface area contributed by atoms with Crippen molar-refractivity contribution in [3.05, 3.63) is 36.0 Å². The summed E-state index contributed by atoms with van der Waals surface area (Å²) in [6, 6.07) is 8.81. The van der Waals surface area contributed by atoms with Gasteiger partial charge in [0.2, 0.25) is 5.91 Å². The van der Waals surface area contributed by atoms with Crippen LogP contribution < -0.4 is 10.6 Å². The molecular weight excluding hydrogens is 262 g/mol. The van der Waals surface area contributed by atoms with Crippen molar-refractivity contribution in [2.45, 2.75) is 46.3 Å². The fraction of sp³-hybridized carbons (Fsp3) is 0.471. The van der Waals surface area contributed by atoms with Crippen LogP contribution in [0.5, 0.6) is 0 Å². The van der Waals surface area contributed by atoms with E-state index in [0.29, 0.717) is 13.0 Å². The molecule has 4 nitrogen and oxygen atoms in total. The number of benzene rings is 1. The highest BCUT2D eigenvalue weighted by Gasteiger charge is 2.06. The van der Waals surface area contributed by atoms with Gasteiger partial charge in [-0.25, -0.2) is 0 Å². The lowest BCUT2D eigenvalue weighted by atomic mass is 10.1. The normalized spacial score (nSPS) is 11.2. The van der Waals surface area contributed by atoms with Crippen LogP contribution >= 0.6 is 0 Å². The summed E-state index contributed by atoms with van der Waals surface area (Å²) in [4.78, 5) is 11.8. The van der Waals surface area contributed by atoms with Gasteiger partial charge in [-0.3, -0.25) is 4.79 Å². The van der Waals surface area contributed by atoms with Gasteiger partial charge in [-0.15, -0.1) is 0 Å². The van der Waals surface area contributed by atoms with Crippen LogP contribution in [0, 0.1) is 0 Å².